The van der Waals surface area contributed by atoms with Crippen LogP contribution in [0.15, 0.2) is 24.3 Å². The Balaban J connectivity index is 2.89. The molecule has 0 aliphatic heterocycles. The minimum absolute atomic E-state index is 0.728. The number of halogens is 1. The van der Waals surface area contributed by atoms with Crippen LogP contribution in [0, 0.1) is 15.0 Å². The minimum atomic E-state index is 0.728. The van der Waals surface area contributed by atoms with Crippen LogP contribution in [0.25, 0.3) is 10.9 Å². The van der Waals surface area contributed by atoms with Crippen LogP contribution >= 0.6 is 22.6 Å². The average Bonchev–Trinajstić information content (AvgIpc) is 2.44. The van der Waals surface area contributed by atoms with Crippen molar-refractivity contribution >= 4 is 33.5 Å². The molecule has 1 aromatic carbocycles. The summed E-state index contributed by atoms with van der Waals surface area (Å²) in [6, 6.07) is 9.82. The molecule has 58 valence electrons. The predicted octanol–water partition coefficient (Wildman–Crippen LogP) is 2.64. The number of aromatic nitrogens is 1. The maximum absolute atomic E-state index is 8.78. The second-order valence-electron chi connectivity index (χ2n) is 2.50. The molecule has 0 saturated carbocycles. The second kappa shape index (κ2) is 2.79. The lowest BCUT2D eigenvalue weighted by Gasteiger charge is -1.89. The maximum Gasteiger partial charge on any atom is 0.0998 e. The molecule has 3 heteroatoms. The third-order valence-electron chi connectivity index (χ3n) is 1.75. The fourth-order valence-corrected chi connectivity index (χ4v) is 1.82. The van der Waals surface area contributed by atoms with Gasteiger partial charge in [-0.05, 0) is 40.8 Å². The van der Waals surface area contributed by atoms with E-state index >= 15 is 0 Å². The van der Waals surface area contributed by atoms with Crippen LogP contribution in [0.5, 0.6) is 0 Å². The molecule has 0 radical (unpaired) electrons. The van der Waals surface area contributed by atoms with Crippen molar-refractivity contribution in [1.29, 1.82) is 5.26 Å². The van der Waals surface area contributed by atoms with E-state index in [0.29, 0.717) is 0 Å². The number of rotatable bonds is 0. The van der Waals surface area contributed by atoms with Crippen LogP contribution in [0.1, 0.15) is 5.56 Å². The Morgan fingerprint density at radius 1 is 1.42 bits per heavy atom. The number of nitriles is 1. The maximum atomic E-state index is 8.78. The molecule has 0 fully saturated rings. The van der Waals surface area contributed by atoms with Crippen molar-refractivity contribution in [2.75, 3.05) is 0 Å². The van der Waals surface area contributed by atoms with Crippen molar-refractivity contribution in [3.05, 3.63) is 33.5 Å². The number of H-pyrrole nitrogens is 1. The molecule has 0 aliphatic rings. The molecule has 2 rings (SSSR count). The van der Waals surface area contributed by atoms with Gasteiger partial charge in [-0.3, -0.25) is 0 Å². The fourth-order valence-electron chi connectivity index (χ4n) is 1.22. The highest BCUT2D eigenvalue weighted by Crippen LogP contribution is 2.19. The van der Waals surface area contributed by atoms with Crippen molar-refractivity contribution in [2.45, 2.75) is 0 Å². The lowest BCUT2D eigenvalue weighted by atomic mass is 10.1. The van der Waals surface area contributed by atoms with E-state index in [1.807, 2.05) is 24.3 Å². The smallest absolute Gasteiger partial charge is 0.0998 e. The number of benzene rings is 1. The molecule has 1 heterocycles. The van der Waals surface area contributed by atoms with Crippen molar-refractivity contribution in [3.63, 3.8) is 0 Å². The number of fused-ring (bicyclic) bond motifs is 1. The first-order valence-electron chi connectivity index (χ1n) is 3.48. The standard InChI is InChI=1S/C9H5IN2/c10-9-4-7-6(5-11)2-1-3-8(7)12-9/h1-4,12H. The third kappa shape index (κ3) is 1.08. The van der Waals surface area contributed by atoms with Gasteiger partial charge in [-0.15, -0.1) is 0 Å². The summed E-state index contributed by atoms with van der Waals surface area (Å²) >= 11 is 2.20. The van der Waals surface area contributed by atoms with Gasteiger partial charge in [0.2, 0.25) is 0 Å². The SMILES string of the molecule is N#Cc1cccc2[nH]c(I)cc12. The molecule has 0 amide bonds. The average molecular weight is 268 g/mol. The normalized spacial score (nSPS) is 10.0. The molecule has 0 saturated heterocycles. The quantitative estimate of drug-likeness (QED) is 0.733. The van der Waals surface area contributed by atoms with E-state index in [1.54, 1.807) is 0 Å². The number of hydrogen-bond acceptors (Lipinski definition) is 1. The topological polar surface area (TPSA) is 39.6 Å². The van der Waals surface area contributed by atoms with E-state index in [0.717, 1.165) is 20.2 Å². The van der Waals surface area contributed by atoms with E-state index in [2.05, 4.69) is 33.6 Å². The lowest BCUT2D eigenvalue weighted by molar-refractivity contribution is 1.41. The van der Waals surface area contributed by atoms with Gasteiger partial charge < -0.3 is 4.98 Å². The molecule has 0 bridgehead atoms. The Hall–Kier alpha value is -1.02. The van der Waals surface area contributed by atoms with Crippen LogP contribution < -0.4 is 0 Å². The zero-order chi connectivity index (χ0) is 8.55. The van der Waals surface area contributed by atoms with Gasteiger partial charge in [0.1, 0.15) is 0 Å². The summed E-state index contributed by atoms with van der Waals surface area (Å²) in [5.41, 5.74) is 1.75. The third-order valence-corrected chi connectivity index (χ3v) is 2.33. The van der Waals surface area contributed by atoms with E-state index < -0.39 is 0 Å². The van der Waals surface area contributed by atoms with Gasteiger partial charge in [0.05, 0.1) is 15.3 Å². The zero-order valence-corrected chi connectivity index (χ0v) is 8.29. The fraction of sp³-hybridized carbons (Fsp3) is 0. The predicted molar refractivity (Wildman–Crippen MR) is 55.7 cm³/mol. The summed E-state index contributed by atoms with van der Waals surface area (Å²) in [5.74, 6) is 0. The molecule has 0 spiro atoms. The summed E-state index contributed by atoms with van der Waals surface area (Å²) in [6.07, 6.45) is 0. The molecule has 1 N–H and O–H groups in total. The summed E-state index contributed by atoms with van der Waals surface area (Å²) in [5, 5.41) is 9.78. The molecule has 2 nitrogen and oxygen atoms in total. The molecule has 2 aromatic rings. The van der Waals surface area contributed by atoms with Crippen LogP contribution in [0.3, 0.4) is 0 Å². The zero-order valence-electron chi connectivity index (χ0n) is 6.13. The number of aromatic amines is 1. The highest BCUT2D eigenvalue weighted by atomic mass is 127. The van der Waals surface area contributed by atoms with Crippen LogP contribution in [-0.2, 0) is 0 Å². The van der Waals surface area contributed by atoms with Gasteiger partial charge in [-0.2, -0.15) is 5.26 Å². The van der Waals surface area contributed by atoms with E-state index in [9.17, 15) is 0 Å². The Labute approximate surface area is 83.3 Å². The lowest BCUT2D eigenvalue weighted by Crippen LogP contribution is -1.73. The van der Waals surface area contributed by atoms with E-state index in [1.165, 1.54) is 0 Å². The van der Waals surface area contributed by atoms with Crippen LogP contribution in [-0.4, -0.2) is 4.98 Å². The summed E-state index contributed by atoms with van der Waals surface area (Å²) in [4.78, 5) is 3.17. The Bertz CT molecular complexity index is 465. The van der Waals surface area contributed by atoms with Crippen LogP contribution in [0.2, 0.25) is 0 Å². The highest BCUT2D eigenvalue weighted by Gasteiger charge is 2.01. The summed E-state index contributed by atoms with van der Waals surface area (Å²) < 4.78 is 1.06. The number of nitrogens with one attached hydrogen (secondary N) is 1. The first kappa shape index (κ1) is 7.62. The minimum Gasteiger partial charge on any atom is -0.350 e. The van der Waals surface area contributed by atoms with Gasteiger partial charge in [-0.25, -0.2) is 0 Å². The first-order valence-corrected chi connectivity index (χ1v) is 4.56. The molecular formula is C9H5IN2. The number of hydrogen-bond donors (Lipinski definition) is 1. The van der Waals surface area contributed by atoms with Gasteiger partial charge in [-0.1, -0.05) is 6.07 Å². The van der Waals surface area contributed by atoms with E-state index in [4.69, 9.17) is 5.26 Å². The summed E-state index contributed by atoms with van der Waals surface area (Å²) in [6.45, 7) is 0. The van der Waals surface area contributed by atoms with Crippen molar-refractivity contribution in [2.24, 2.45) is 0 Å². The summed E-state index contributed by atoms with van der Waals surface area (Å²) in [7, 11) is 0. The Kier molecular flexibility index (Phi) is 1.77. The molecule has 0 aliphatic carbocycles. The molecular weight excluding hydrogens is 263 g/mol. The first-order chi connectivity index (χ1) is 5.81. The van der Waals surface area contributed by atoms with Crippen molar-refractivity contribution in [3.8, 4) is 6.07 Å². The molecule has 0 atom stereocenters. The Morgan fingerprint density at radius 2 is 2.25 bits per heavy atom. The highest BCUT2D eigenvalue weighted by molar-refractivity contribution is 14.1. The second-order valence-corrected chi connectivity index (χ2v) is 3.66. The van der Waals surface area contributed by atoms with Gasteiger partial charge in [0.25, 0.3) is 0 Å². The monoisotopic (exact) mass is 268 g/mol. The van der Waals surface area contributed by atoms with Gasteiger partial charge >= 0.3 is 0 Å². The Morgan fingerprint density at radius 3 is 3.00 bits per heavy atom. The molecule has 12 heavy (non-hydrogen) atoms. The molecule has 0 unspecified atom stereocenters. The molecule has 1 aromatic heterocycles. The van der Waals surface area contributed by atoms with Crippen molar-refractivity contribution < 1.29 is 0 Å². The van der Waals surface area contributed by atoms with Crippen LogP contribution in [0.4, 0.5) is 0 Å². The van der Waals surface area contributed by atoms with Gasteiger partial charge in [0, 0.05) is 10.9 Å². The van der Waals surface area contributed by atoms with Crippen molar-refractivity contribution in [1.82, 2.24) is 4.98 Å². The van der Waals surface area contributed by atoms with Gasteiger partial charge in [0.15, 0.2) is 0 Å². The largest absolute Gasteiger partial charge is 0.350 e. The van der Waals surface area contributed by atoms with E-state index in [-0.39, 0.29) is 0 Å². The number of nitrogens with zero attached hydrogens (tertiary/aromatic N) is 1.